The van der Waals surface area contributed by atoms with Gasteiger partial charge < -0.3 is 10.1 Å². The van der Waals surface area contributed by atoms with E-state index in [2.05, 4.69) is 17.5 Å². The van der Waals surface area contributed by atoms with Gasteiger partial charge in [-0.05, 0) is 49.7 Å². The van der Waals surface area contributed by atoms with Crippen LogP contribution in [0.5, 0.6) is 5.75 Å². The first-order chi connectivity index (χ1) is 10.2. The first-order valence-electron chi connectivity index (χ1n) is 7.88. The van der Waals surface area contributed by atoms with E-state index in [1.54, 1.807) is 0 Å². The van der Waals surface area contributed by atoms with Crippen LogP contribution in [0.15, 0.2) is 36.4 Å². The molecule has 2 aliphatic carbocycles. The van der Waals surface area contributed by atoms with E-state index in [1.807, 2.05) is 31.2 Å². The van der Waals surface area contributed by atoms with Crippen molar-refractivity contribution in [2.24, 2.45) is 11.8 Å². The highest BCUT2D eigenvalue weighted by atomic mass is 16.5. The Kier molecular flexibility index (Phi) is 4.28. The summed E-state index contributed by atoms with van der Waals surface area (Å²) in [6.45, 7) is 2.62. The SMILES string of the molecule is Cc1ccccc1OCCCC(=O)NC1CC2C=CC1C2. The Morgan fingerprint density at radius 3 is 2.86 bits per heavy atom. The molecule has 2 aliphatic rings. The molecule has 1 fully saturated rings. The number of fused-ring (bicyclic) bond motifs is 2. The zero-order valence-electron chi connectivity index (χ0n) is 12.5. The van der Waals surface area contributed by atoms with Crippen molar-refractivity contribution in [3.63, 3.8) is 0 Å². The summed E-state index contributed by atoms with van der Waals surface area (Å²) >= 11 is 0. The molecule has 0 heterocycles. The Morgan fingerprint density at radius 2 is 2.14 bits per heavy atom. The third kappa shape index (κ3) is 3.46. The smallest absolute Gasteiger partial charge is 0.220 e. The molecule has 3 nitrogen and oxygen atoms in total. The van der Waals surface area contributed by atoms with Crippen LogP contribution in [-0.2, 0) is 4.79 Å². The molecule has 1 saturated carbocycles. The van der Waals surface area contributed by atoms with Gasteiger partial charge in [-0.1, -0.05) is 30.4 Å². The number of rotatable bonds is 6. The summed E-state index contributed by atoms with van der Waals surface area (Å²) in [4.78, 5) is 12.0. The van der Waals surface area contributed by atoms with Crippen LogP contribution >= 0.6 is 0 Å². The van der Waals surface area contributed by atoms with Crippen LogP contribution in [0.1, 0.15) is 31.2 Å². The Labute approximate surface area is 126 Å². The van der Waals surface area contributed by atoms with Crippen molar-refractivity contribution in [1.82, 2.24) is 5.32 Å². The van der Waals surface area contributed by atoms with Crippen LogP contribution in [0.25, 0.3) is 0 Å². The second kappa shape index (κ2) is 6.33. The normalized spacial score (nSPS) is 26.0. The first kappa shape index (κ1) is 14.2. The van der Waals surface area contributed by atoms with Gasteiger partial charge in [0.15, 0.2) is 0 Å². The predicted molar refractivity (Wildman–Crippen MR) is 83.2 cm³/mol. The number of amides is 1. The van der Waals surface area contributed by atoms with E-state index in [9.17, 15) is 4.79 Å². The topological polar surface area (TPSA) is 38.3 Å². The maximum atomic E-state index is 12.0. The Morgan fingerprint density at radius 1 is 1.29 bits per heavy atom. The zero-order valence-corrected chi connectivity index (χ0v) is 12.5. The summed E-state index contributed by atoms with van der Waals surface area (Å²) in [5.74, 6) is 2.34. The number of carbonyl (C=O) groups excluding carboxylic acids is 1. The number of ether oxygens (including phenoxy) is 1. The molecule has 21 heavy (non-hydrogen) atoms. The lowest BCUT2D eigenvalue weighted by Gasteiger charge is -2.19. The number of carbonyl (C=O) groups is 1. The van der Waals surface area contributed by atoms with Crippen LogP contribution in [-0.4, -0.2) is 18.6 Å². The summed E-state index contributed by atoms with van der Waals surface area (Å²) in [5, 5.41) is 3.17. The van der Waals surface area contributed by atoms with Crippen molar-refractivity contribution in [2.45, 2.75) is 38.6 Å². The number of aryl methyl sites for hydroxylation is 1. The van der Waals surface area contributed by atoms with Gasteiger partial charge in [0.1, 0.15) is 5.75 Å². The average Bonchev–Trinajstić information content (AvgIpc) is 3.08. The number of para-hydroxylation sites is 1. The highest BCUT2D eigenvalue weighted by molar-refractivity contribution is 5.76. The second-order valence-corrected chi connectivity index (χ2v) is 6.17. The van der Waals surface area contributed by atoms with Crippen molar-refractivity contribution < 1.29 is 9.53 Å². The molecule has 3 rings (SSSR count). The predicted octanol–water partition coefficient (Wildman–Crippen LogP) is 3.23. The molecule has 0 spiro atoms. The van der Waals surface area contributed by atoms with Gasteiger partial charge in [0.05, 0.1) is 6.61 Å². The standard InChI is InChI=1S/C18H23NO2/c1-13-5-2-3-6-17(13)21-10-4-7-18(20)19-16-12-14-8-9-15(16)11-14/h2-3,5-6,8-9,14-16H,4,7,10-12H2,1H3,(H,19,20). The van der Waals surface area contributed by atoms with Crippen molar-refractivity contribution in [2.75, 3.05) is 6.61 Å². The van der Waals surface area contributed by atoms with Crippen molar-refractivity contribution >= 4 is 5.91 Å². The minimum Gasteiger partial charge on any atom is -0.493 e. The van der Waals surface area contributed by atoms with Crippen LogP contribution < -0.4 is 10.1 Å². The largest absolute Gasteiger partial charge is 0.493 e. The number of hydrogen-bond acceptors (Lipinski definition) is 2. The van der Waals surface area contributed by atoms with Crippen molar-refractivity contribution in [3.05, 3.63) is 42.0 Å². The van der Waals surface area contributed by atoms with Crippen LogP contribution in [0.4, 0.5) is 0 Å². The molecule has 1 N–H and O–H groups in total. The lowest BCUT2D eigenvalue weighted by Crippen LogP contribution is -2.37. The van der Waals surface area contributed by atoms with Gasteiger partial charge in [-0.2, -0.15) is 0 Å². The summed E-state index contributed by atoms with van der Waals surface area (Å²) in [6.07, 6.45) is 8.21. The van der Waals surface area contributed by atoms with Crippen LogP contribution in [0, 0.1) is 18.8 Å². The van der Waals surface area contributed by atoms with E-state index in [-0.39, 0.29) is 5.91 Å². The maximum absolute atomic E-state index is 12.0. The van der Waals surface area contributed by atoms with Gasteiger partial charge in [-0.25, -0.2) is 0 Å². The first-order valence-corrected chi connectivity index (χ1v) is 7.88. The van der Waals surface area contributed by atoms with E-state index in [4.69, 9.17) is 4.74 Å². The molecule has 3 atom stereocenters. The third-order valence-corrected chi connectivity index (χ3v) is 4.52. The zero-order chi connectivity index (χ0) is 14.7. The number of benzene rings is 1. The average molecular weight is 285 g/mol. The summed E-state index contributed by atoms with van der Waals surface area (Å²) < 4.78 is 5.72. The van der Waals surface area contributed by atoms with Gasteiger partial charge in [0, 0.05) is 12.5 Å². The lowest BCUT2D eigenvalue weighted by molar-refractivity contribution is -0.122. The number of hydrogen-bond donors (Lipinski definition) is 1. The number of allylic oxidation sites excluding steroid dienone is 1. The number of nitrogens with one attached hydrogen (secondary N) is 1. The second-order valence-electron chi connectivity index (χ2n) is 6.17. The van der Waals surface area contributed by atoms with E-state index >= 15 is 0 Å². The van der Waals surface area contributed by atoms with Gasteiger partial charge >= 0.3 is 0 Å². The maximum Gasteiger partial charge on any atom is 0.220 e. The van der Waals surface area contributed by atoms with Crippen LogP contribution in [0.3, 0.4) is 0 Å². The van der Waals surface area contributed by atoms with Gasteiger partial charge in [-0.15, -0.1) is 0 Å². The fourth-order valence-electron chi connectivity index (χ4n) is 3.36. The Hall–Kier alpha value is -1.77. The highest BCUT2D eigenvalue weighted by Gasteiger charge is 2.36. The molecule has 3 heteroatoms. The fraction of sp³-hybridized carbons (Fsp3) is 0.500. The molecule has 1 aromatic carbocycles. The molecule has 0 aliphatic heterocycles. The molecule has 3 unspecified atom stereocenters. The summed E-state index contributed by atoms with van der Waals surface area (Å²) in [6, 6.07) is 8.34. The van der Waals surface area contributed by atoms with Crippen LogP contribution in [0.2, 0.25) is 0 Å². The molecule has 2 bridgehead atoms. The lowest BCUT2D eigenvalue weighted by atomic mass is 10.0. The molecule has 1 amide bonds. The van der Waals surface area contributed by atoms with E-state index in [0.29, 0.717) is 30.9 Å². The van der Waals surface area contributed by atoms with Gasteiger partial charge in [-0.3, -0.25) is 4.79 Å². The fourth-order valence-corrected chi connectivity index (χ4v) is 3.36. The van der Waals surface area contributed by atoms with Crippen molar-refractivity contribution in [1.29, 1.82) is 0 Å². The van der Waals surface area contributed by atoms with E-state index in [0.717, 1.165) is 24.2 Å². The molecular formula is C18H23NO2. The van der Waals surface area contributed by atoms with Crippen molar-refractivity contribution in [3.8, 4) is 5.75 Å². The Balaban J connectivity index is 1.35. The Bertz CT molecular complexity index is 538. The quantitative estimate of drug-likeness (QED) is 0.643. The van der Waals surface area contributed by atoms with E-state index in [1.165, 1.54) is 6.42 Å². The third-order valence-electron chi connectivity index (χ3n) is 4.52. The molecule has 0 saturated heterocycles. The molecule has 0 radical (unpaired) electrons. The monoisotopic (exact) mass is 285 g/mol. The summed E-state index contributed by atoms with van der Waals surface area (Å²) in [7, 11) is 0. The molecule has 112 valence electrons. The van der Waals surface area contributed by atoms with E-state index < -0.39 is 0 Å². The van der Waals surface area contributed by atoms with Gasteiger partial charge in [0.25, 0.3) is 0 Å². The highest BCUT2D eigenvalue weighted by Crippen LogP contribution is 2.38. The summed E-state index contributed by atoms with van der Waals surface area (Å²) in [5.41, 5.74) is 1.13. The minimum absolute atomic E-state index is 0.161. The molecule has 1 aromatic rings. The molecule has 0 aromatic heterocycles. The van der Waals surface area contributed by atoms with Gasteiger partial charge in [0.2, 0.25) is 5.91 Å². The minimum atomic E-state index is 0.161. The molecular weight excluding hydrogens is 262 g/mol.